The Balaban J connectivity index is 2.34. The van der Waals surface area contributed by atoms with Gasteiger partial charge in [-0.05, 0) is 12.3 Å². The van der Waals surface area contributed by atoms with Crippen LogP contribution in [0.4, 0.5) is 0 Å². The summed E-state index contributed by atoms with van der Waals surface area (Å²) in [6.07, 6.45) is 7.47. The Morgan fingerprint density at radius 1 is 0.947 bits per heavy atom. The molecule has 1 fully saturated rings. The fourth-order valence-corrected chi connectivity index (χ4v) is 7.46. The summed E-state index contributed by atoms with van der Waals surface area (Å²) >= 11 is 0. The highest BCUT2D eigenvalue weighted by molar-refractivity contribution is 7.64. The molecule has 0 N–H and O–H groups in total. The first-order chi connectivity index (χ1) is 8.72. The van der Waals surface area contributed by atoms with Gasteiger partial charge in [-0.25, -0.2) is 0 Å². The van der Waals surface area contributed by atoms with Gasteiger partial charge in [0, 0.05) is 10.3 Å². The maximum atomic E-state index is 13.1. The Kier molecular flexibility index (Phi) is 5.72. The van der Waals surface area contributed by atoms with E-state index in [-0.39, 0.29) is 10.3 Å². The van der Waals surface area contributed by atoms with Gasteiger partial charge < -0.3 is 4.52 Å². The van der Waals surface area contributed by atoms with Crippen LogP contribution in [-0.4, -0.2) is 16.9 Å². The summed E-state index contributed by atoms with van der Waals surface area (Å²) in [6, 6.07) is 0. The molecule has 0 atom stereocenters. The van der Waals surface area contributed by atoms with Crippen molar-refractivity contribution in [3.05, 3.63) is 0 Å². The van der Waals surface area contributed by atoms with Crippen molar-refractivity contribution in [2.24, 2.45) is 5.92 Å². The summed E-state index contributed by atoms with van der Waals surface area (Å²) in [5, 5.41) is -0.308. The second-order valence-corrected chi connectivity index (χ2v) is 10.8. The Hall–Kier alpha value is 0.190. The highest BCUT2D eigenvalue weighted by Crippen LogP contribution is 2.82. The molecule has 0 aromatic carbocycles. The van der Waals surface area contributed by atoms with Crippen LogP contribution in [-0.2, 0) is 9.09 Å². The Bertz CT molecular complexity index is 314. The molecule has 0 unspecified atom stereocenters. The molecule has 1 heterocycles. The van der Waals surface area contributed by atoms with Gasteiger partial charge in [0.1, 0.15) is 0 Å². The molecule has 0 aromatic rings. The van der Waals surface area contributed by atoms with E-state index in [9.17, 15) is 4.57 Å². The lowest BCUT2D eigenvalue weighted by Crippen LogP contribution is -2.58. The third-order valence-corrected chi connectivity index (χ3v) is 9.76. The van der Waals surface area contributed by atoms with E-state index in [1.807, 2.05) is 0 Å². The number of hydrogen-bond acceptors (Lipinski definition) is 2. The summed E-state index contributed by atoms with van der Waals surface area (Å²) in [6.45, 7) is 13.5. The van der Waals surface area contributed by atoms with Gasteiger partial charge in [0.05, 0.1) is 6.61 Å². The van der Waals surface area contributed by atoms with Gasteiger partial charge in [0.15, 0.2) is 0 Å². The normalized spacial score (nSPS) is 32.0. The van der Waals surface area contributed by atoms with E-state index in [4.69, 9.17) is 4.52 Å². The molecule has 3 heteroatoms. The van der Waals surface area contributed by atoms with Crippen molar-refractivity contribution in [1.29, 1.82) is 0 Å². The molecule has 0 radical (unpaired) electrons. The molecule has 0 spiro atoms. The largest absolute Gasteiger partial charge is 0.328 e. The van der Waals surface area contributed by atoms with E-state index in [1.165, 1.54) is 32.1 Å². The average Bonchev–Trinajstić information content (AvgIpc) is 2.35. The van der Waals surface area contributed by atoms with Crippen LogP contribution in [0.3, 0.4) is 0 Å². The number of rotatable bonds is 8. The van der Waals surface area contributed by atoms with E-state index in [0.29, 0.717) is 12.5 Å². The molecule has 0 saturated carbocycles. The average molecular weight is 288 g/mol. The first-order valence-corrected chi connectivity index (χ1v) is 9.59. The summed E-state index contributed by atoms with van der Waals surface area (Å²) in [7, 11) is -2.52. The Labute approximate surface area is 120 Å². The van der Waals surface area contributed by atoms with Gasteiger partial charge in [0.2, 0.25) is 7.37 Å². The van der Waals surface area contributed by atoms with Crippen LogP contribution in [0.2, 0.25) is 0 Å². The van der Waals surface area contributed by atoms with E-state index in [0.717, 1.165) is 6.42 Å². The van der Waals surface area contributed by atoms with E-state index in [2.05, 4.69) is 41.5 Å². The molecule has 1 saturated heterocycles. The van der Waals surface area contributed by atoms with Crippen molar-refractivity contribution >= 4 is 7.37 Å². The van der Waals surface area contributed by atoms with Crippen LogP contribution in [0, 0.1) is 5.92 Å². The molecule has 114 valence electrons. The first-order valence-electron chi connectivity index (χ1n) is 7.96. The summed E-state index contributed by atoms with van der Waals surface area (Å²) in [4.78, 5) is 0. The van der Waals surface area contributed by atoms with Gasteiger partial charge in [-0.3, -0.25) is 4.57 Å². The molecule has 0 aliphatic carbocycles. The summed E-state index contributed by atoms with van der Waals surface area (Å²) in [5.41, 5.74) is 0. The van der Waals surface area contributed by atoms with Crippen molar-refractivity contribution < 1.29 is 9.09 Å². The SMILES string of the molecule is CCCCCCCCOP1(=O)C(C)(C)C(C)C1(C)C. The fourth-order valence-electron chi connectivity index (χ4n) is 3.46. The van der Waals surface area contributed by atoms with Crippen molar-refractivity contribution in [2.45, 2.75) is 90.4 Å². The minimum Gasteiger partial charge on any atom is -0.328 e. The van der Waals surface area contributed by atoms with Crippen LogP contribution in [0.1, 0.15) is 80.1 Å². The zero-order valence-electron chi connectivity index (χ0n) is 13.8. The zero-order valence-corrected chi connectivity index (χ0v) is 14.7. The van der Waals surface area contributed by atoms with Gasteiger partial charge >= 0.3 is 0 Å². The van der Waals surface area contributed by atoms with Gasteiger partial charge in [-0.2, -0.15) is 0 Å². The maximum Gasteiger partial charge on any atom is 0.214 e. The van der Waals surface area contributed by atoms with E-state index < -0.39 is 7.37 Å². The van der Waals surface area contributed by atoms with Crippen LogP contribution >= 0.6 is 7.37 Å². The molecular formula is C16H33O2P. The minimum absolute atomic E-state index is 0.154. The quantitative estimate of drug-likeness (QED) is 0.414. The molecule has 0 aromatic heterocycles. The lowest BCUT2D eigenvalue weighted by atomic mass is 9.83. The highest BCUT2D eigenvalue weighted by Gasteiger charge is 2.69. The van der Waals surface area contributed by atoms with Crippen LogP contribution in [0.25, 0.3) is 0 Å². The second-order valence-electron chi connectivity index (χ2n) is 7.18. The van der Waals surface area contributed by atoms with Crippen molar-refractivity contribution in [2.75, 3.05) is 6.61 Å². The van der Waals surface area contributed by atoms with Crippen molar-refractivity contribution in [3.8, 4) is 0 Å². The lowest BCUT2D eigenvalue weighted by molar-refractivity contribution is 0.177. The third-order valence-electron chi connectivity index (χ3n) is 5.41. The van der Waals surface area contributed by atoms with Gasteiger partial charge in [0.25, 0.3) is 0 Å². The lowest BCUT2D eigenvalue weighted by Gasteiger charge is -2.61. The molecule has 1 aliphatic rings. The smallest absolute Gasteiger partial charge is 0.214 e. The summed E-state index contributed by atoms with van der Waals surface area (Å²) in [5.74, 6) is 0.454. The summed E-state index contributed by atoms with van der Waals surface area (Å²) < 4.78 is 19.0. The highest BCUT2D eigenvalue weighted by atomic mass is 31.2. The topological polar surface area (TPSA) is 26.3 Å². The second kappa shape index (κ2) is 6.31. The van der Waals surface area contributed by atoms with Crippen LogP contribution < -0.4 is 0 Å². The van der Waals surface area contributed by atoms with Gasteiger partial charge in [-0.15, -0.1) is 0 Å². The molecular weight excluding hydrogens is 255 g/mol. The first kappa shape index (κ1) is 17.2. The van der Waals surface area contributed by atoms with Gasteiger partial charge in [-0.1, -0.05) is 73.6 Å². The van der Waals surface area contributed by atoms with Crippen LogP contribution in [0.15, 0.2) is 0 Å². The van der Waals surface area contributed by atoms with E-state index >= 15 is 0 Å². The fraction of sp³-hybridized carbons (Fsp3) is 1.00. The monoisotopic (exact) mass is 288 g/mol. The third kappa shape index (κ3) is 2.95. The molecule has 19 heavy (non-hydrogen) atoms. The molecule has 2 nitrogen and oxygen atoms in total. The standard InChI is InChI=1S/C16H33O2P/c1-7-8-9-10-11-12-13-18-19(17)15(3,4)14(2)16(19,5)6/h14H,7-13H2,1-6H3. The van der Waals surface area contributed by atoms with Crippen molar-refractivity contribution in [1.82, 2.24) is 0 Å². The predicted octanol–water partition coefficient (Wildman–Crippen LogP) is 5.85. The molecule has 0 bridgehead atoms. The number of hydrogen-bond donors (Lipinski definition) is 0. The number of unbranched alkanes of at least 4 members (excludes halogenated alkanes) is 5. The molecule has 0 amide bonds. The molecule has 1 rings (SSSR count). The minimum atomic E-state index is -2.52. The van der Waals surface area contributed by atoms with Crippen molar-refractivity contribution in [3.63, 3.8) is 0 Å². The molecule has 1 aliphatic heterocycles. The zero-order chi connectivity index (χ0) is 14.7. The Morgan fingerprint density at radius 2 is 1.42 bits per heavy atom. The maximum absolute atomic E-state index is 13.1. The Morgan fingerprint density at radius 3 is 1.95 bits per heavy atom. The predicted molar refractivity (Wildman–Crippen MR) is 84.3 cm³/mol. The van der Waals surface area contributed by atoms with E-state index in [1.54, 1.807) is 0 Å². The van der Waals surface area contributed by atoms with Crippen LogP contribution in [0.5, 0.6) is 0 Å².